The number of nitrogens with one attached hydrogen (secondary N) is 2. The Bertz CT molecular complexity index is 1170. The van der Waals surface area contributed by atoms with Crippen molar-refractivity contribution in [1.82, 2.24) is 10.2 Å². The maximum Gasteiger partial charge on any atom is 0.246 e. The monoisotopic (exact) mass is 551 g/mol. The molecular weight excluding hydrogens is 510 g/mol. The van der Waals surface area contributed by atoms with Crippen LogP contribution in [0.3, 0.4) is 0 Å². The highest BCUT2D eigenvalue weighted by atomic mass is 32.2. The Kier molecular flexibility index (Phi) is 7.29. The van der Waals surface area contributed by atoms with Gasteiger partial charge in [0, 0.05) is 22.7 Å². The number of thioether (sulfide) groups is 1. The molecule has 2 bridgehead atoms. The van der Waals surface area contributed by atoms with Crippen LogP contribution in [0.1, 0.15) is 65.2 Å². The summed E-state index contributed by atoms with van der Waals surface area (Å²) in [5.41, 5.74) is -0.396. The number of carbonyl (C=O) groups is 3. The first kappa shape index (κ1) is 26.9. The van der Waals surface area contributed by atoms with Crippen LogP contribution in [-0.2, 0) is 19.1 Å². The van der Waals surface area contributed by atoms with Crippen LogP contribution in [0.5, 0.6) is 0 Å². The van der Waals surface area contributed by atoms with E-state index in [1.165, 1.54) is 6.42 Å². The number of ether oxygens (including phenoxy) is 1. The molecule has 0 unspecified atom stereocenters. The molecule has 210 valence electrons. The lowest BCUT2D eigenvalue weighted by atomic mass is 9.73. The highest BCUT2D eigenvalue weighted by Gasteiger charge is 2.73. The van der Waals surface area contributed by atoms with E-state index in [9.17, 15) is 14.4 Å². The van der Waals surface area contributed by atoms with Gasteiger partial charge in [-0.15, -0.1) is 11.8 Å². The van der Waals surface area contributed by atoms with Gasteiger partial charge in [-0.25, -0.2) is 0 Å². The number of hydrogen-bond donors (Lipinski definition) is 2. The summed E-state index contributed by atoms with van der Waals surface area (Å²) in [5, 5.41) is 6.42. The van der Waals surface area contributed by atoms with Crippen molar-refractivity contribution in [3.8, 4) is 0 Å². The van der Waals surface area contributed by atoms with Crippen molar-refractivity contribution in [2.75, 3.05) is 11.6 Å². The van der Waals surface area contributed by atoms with Crippen LogP contribution in [0.2, 0.25) is 0 Å². The lowest BCUT2D eigenvalue weighted by molar-refractivity contribution is -0.145. The molecule has 1 spiro atoms. The van der Waals surface area contributed by atoms with Gasteiger partial charge in [0.1, 0.15) is 11.6 Å². The summed E-state index contributed by atoms with van der Waals surface area (Å²) in [4.78, 5) is 45.2. The third-order valence-corrected chi connectivity index (χ3v) is 10.9. The number of nitrogens with zero attached hydrogens (tertiary/aromatic N) is 1. The molecule has 2 saturated carbocycles. The Hall–Kier alpha value is -2.32. The maximum atomic E-state index is 14.3. The summed E-state index contributed by atoms with van der Waals surface area (Å²) >= 11 is 1.61. The molecule has 3 heterocycles. The molecule has 5 aliphatic rings. The second kappa shape index (κ2) is 10.6. The normalized spacial score (nSPS) is 37.7. The number of benzene rings is 1. The molecule has 6 rings (SSSR count). The van der Waals surface area contributed by atoms with Crippen LogP contribution in [0, 0.1) is 23.7 Å². The Balaban J connectivity index is 1.31. The number of fused-ring (bicyclic) bond motifs is 1. The van der Waals surface area contributed by atoms with Crippen LogP contribution < -0.4 is 10.6 Å². The van der Waals surface area contributed by atoms with Gasteiger partial charge in [0.2, 0.25) is 17.7 Å². The highest BCUT2D eigenvalue weighted by molar-refractivity contribution is 7.98. The minimum absolute atomic E-state index is 0.00250. The van der Waals surface area contributed by atoms with Crippen molar-refractivity contribution in [2.24, 2.45) is 23.7 Å². The average molecular weight is 552 g/mol. The third-order valence-electron chi connectivity index (χ3n) is 10.2. The molecular formula is C31H41N3O4S. The average Bonchev–Trinajstić information content (AvgIpc) is 3.59. The highest BCUT2D eigenvalue weighted by Crippen LogP contribution is 2.56. The SMILES string of the molecule is CSc1cccc(NC(=O)[C@@H]2[C@@H]3C=C[C@]4(O3)[C@@H]2C(=O)N(C2CCCCC2)[C@H]4C(=O)N[C@@H]2CCC[C@@H](C)[C@@H]2C)c1. The van der Waals surface area contributed by atoms with E-state index in [0.717, 1.165) is 49.8 Å². The summed E-state index contributed by atoms with van der Waals surface area (Å²) in [6, 6.07) is 7.06. The molecule has 0 radical (unpaired) electrons. The summed E-state index contributed by atoms with van der Waals surface area (Å²) in [6.07, 6.45) is 13.6. The fraction of sp³-hybridized carbons (Fsp3) is 0.645. The molecule has 39 heavy (non-hydrogen) atoms. The van der Waals surface area contributed by atoms with E-state index in [2.05, 4.69) is 24.5 Å². The number of rotatable bonds is 6. The molecule has 2 aliphatic carbocycles. The molecule has 2 saturated heterocycles. The topological polar surface area (TPSA) is 87.7 Å². The van der Waals surface area contributed by atoms with Crippen LogP contribution in [0.25, 0.3) is 0 Å². The molecule has 8 atom stereocenters. The van der Waals surface area contributed by atoms with Crippen molar-refractivity contribution in [3.05, 3.63) is 36.4 Å². The van der Waals surface area contributed by atoms with E-state index in [1.807, 2.05) is 47.6 Å². The number of hydrogen-bond acceptors (Lipinski definition) is 5. The number of amides is 3. The minimum Gasteiger partial charge on any atom is -0.359 e. The third kappa shape index (κ3) is 4.51. The second-order valence-electron chi connectivity index (χ2n) is 12.3. The van der Waals surface area contributed by atoms with Crippen LogP contribution in [0.4, 0.5) is 5.69 Å². The van der Waals surface area contributed by atoms with E-state index < -0.39 is 29.6 Å². The number of likely N-dealkylation sites (tertiary alicyclic amines) is 1. The first-order valence-electron chi connectivity index (χ1n) is 14.8. The molecule has 3 amide bonds. The van der Waals surface area contributed by atoms with Crippen LogP contribution in [-0.4, -0.2) is 58.7 Å². The summed E-state index contributed by atoms with van der Waals surface area (Å²) in [7, 11) is 0. The zero-order chi connectivity index (χ0) is 27.3. The molecule has 8 heteroatoms. The maximum absolute atomic E-state index is 14.3. The van der Waals surface area contributed by atoms with Gasteiger partial charge in [-0.2, -0.15) is 0 Å². The van der Waals surface area contributed by atoms with Crippen molar-refractivity contribution in [3.63, 3.8) is 0 Å². The lowest BCUT2D eigenvalue weighted by Gasteiger charge is -2.40. The van der Waals surface area contributed by atoms with E-state index in [0.29, 0.717) is 17.5 Å². The van der Waals surface area contributed by atoms with Gasteiger partial charge in [0.25, 0.3) is 0 Å². The Morgan fingerprint density at radius 1 is 1.05 bits per heavy atom. The molecule has 1 aromatic rings. The first-order valence-corrected chi connectivity index (χ1v) is 16.0. The molecule has 3 aliphatic heterocycles. The van der Waals surface area contributed by atoms with Gasteiger partial charge in [-0.3, -0.25) is 14.4 Å². The summed E-state index contributed by atoms with van der Waals surface area (Å²) < 4.78 is 6.56. The lowest BCUT2D eigenvalue weighted by Crippen LogP contribution is -2.59. The molecule has 1 aromatic carbocycles. The van der Waals surface area contributed by atoms with Gasteiger partial charge in [-0.05, 0) is 55.6 Å². The first-order chi connectivity index (χ1) is 18.8. The van der Waals surface area contributed by atoms with Gasteiger partial charge in [0.15, 0.2) is 0 Å². The van der Waals surface area contributed by atoms with Crippen LogP contribution >= 0.6 is 11.8 Å². The molecule has 4 fully saturated rings. The molecule has 2 N–H and O–H groups in total. The van der Waals surface area contributed by atoms with E-state index in [1.54, 1.807) is 11.8 Å². The zero-order valence-corrected chi connectivity index (χ0v) is 24.0. The van der Waals surface area contributed by atoms with Gasteiger partial charge in [0.05, 0.1) is 17.9 Å². The summed E-state index contributed by atoms with van der Waals surface area (Å²) in [6.45, 7) is 4.48. The van der Waals surface area contributed by atoms with E-state index in [-0.39, 0.29) is 29.8 Å². The van der Waals surface area contributed by atoms with Gasteiger partial charge < -0.3 is 20.3 Å². The predicted octanol–water partition coefficient (Wildman–Crippen LogP) is 4.77. The smallest absolute Gasteiger partial charge is 0.246 e. The number of carbonyl (C=O) groups excluding carboxylic acids is 3. The minimum atomic E-state index is -1.10. The van der Waals surface area contributed by atoms with Gasteiger partial charge in [-0.1, -0.05) is 64.2 Å². The van der Waals surface area contributed by atoms with Crippen molar-refractivity contribution >= 4 is 35.2 Å². The van der Waals surface area contributed by atoms with Gasteiger partial charge >= 0.3 is 0 Å². The standard InChI is InChI=1S/C31H41N3O4S/c1-18-9-7-14-23(19(18)2)33-29(36)27-31-16-15-24(38-31)25(28(35)32-20-10-8-13-22(17-20)39-3)26(31)30(37)34(27)21-11-5-4-6-12-21/h8,10,13,15-19,21,23-27H,4-7,9,11-12,14H2,1-3H3,(H,32,35)(H,33,36)/t18-,19+,23-,24+,25-,26+,27+,31+/m1/s1. The number of anilines is 1. The van der Waals surface area contributed by atoms with E-state index >= 15 is 0 Å². The fourth-order valence-corrected chi connectivity index (χ4v) is 8.39. The van der Waals surface area contributed by atoms with Crippen molar-refractivity contribution in [1.29, 1.82) is 0 Å². The predicted molar refractivity (Wildman–Crippen MR) is 152 cm³/mol. The Morgan fingerprint density at radius 2 is 1.85 bits per heavy atom. The second-order valence-corrected chi connectivity index (χ2v) is 13.2. The zero-order valence-electron chi connectivity index (χ0n) is 23.2. The van der Waals surface area contributed by atoms with Crippen molar-refractivity contribution in [2.45, 2.75) is 99.9 Å². The largest absolute Gasteiger partial charge is 0.359 e. The summed E-state index contributed by atoms with van der Waals surface area (Å²) in [5.74, 6) is -0.885. The Labute approximate surface area is 235 Å². The van der Waals surface area contributed by atoms with E-state index in [4.69, 9.17) is 4.74 Å². The molecule has 7 nitrogen and oxygen atoms in total. The Morgan fingerprint density at radius 3 is 2.62 bits per heavy atom. The quantitative estimate of drug-likeness (QED) is 0.393. The van der Waals surface area contributed by atoms with Crippen molar-refractivity contribution < 1.29 is 19.1 Å². The molecule has 0 aromatic heterocycles. The van der Waals surface area contributed by atoms with Crippen LogP contribution in [0.15, 0.2) is 41.3 Å². The fourth-order valence-electron chi connectivity index (χ4n) is 7.93.